The highest BCUT2D eigenvalue weighted by Crippen LogP contribution is 2.27. The van der Waals surface area contributed by atoms with Crippen molar-refractivity contribution in [3.8, 4) is 11.7 Å². The van der Waals surface area contributed by atoms with Gasteiger partial charge in [0.2, 0.25) is 15.9 Å². The second kappa shape index (κ2) is 7.17. The third-order valence-electron chi connectivity index (χ3n) is 4.31. The molecule has 28 heavy (non-hydrogen) atoms. The number of rotatable bonds is 5. The summed E-state index contributed by atoms with van der Waals surface area (Å²) in [5.74, 6) is -0.701. The van der Waals surface area contributed by atoms with E-state index in [1.807, 2.05) is 0 Å². The Labute approximate surface area is 159 Å². The van der Waals surface area contributed by atoms with Crippen molar-refractivity contribution in [3.05, 3.63) is 48.5 Å². The number of benzene rings is 1. The van der Waals surface area contributed by atoms with Crippen LogP contribution in [-0.4, -0.2) is 41.4 Å². The fraction of sp³-hybridized carbons (Fsp3) is 0.235. The average Bonchev–Trinajstić information content (AvgIpc) is 3.42. The minimum atomic E-state index is -3.95. The lowest BCUT2D eigenvalue weighted by Crippen LogP contribution is -2.43. The van der Waals surface area contributed by atoms with Crippen LogP contribution in [0.5, 0.6) is 0 Å². The third kappa shape index (κ3) is 3.41. The topological polar surface area (TPSA) is 119 Å². The Kier molecular flexibility index (Phi) is 4.69. The van der Waals surface area contributed by atoms with Crippen molar-refractivity contribution >= 4 is 21.9 Å². The molecule has 0 radical (unpaired) electrons. The summed E-state index contributed by atoms with van der Waals surface area (Å²) in [6.07, 6.45) is 2.29. The van der Waals surface area contributed by atoms with Gasteiger partial charge >= 0.3 is 6.01 Å². The smallest absolute Gasteiger partial charge is 0.322 e. The van der Waals surface area contributed by atoms with Crippen LogP contribution >= 0.6 is 0 Å². The van der Waals surface area contributed by atoms with Crippen LogP contribution in [-0.2, 0) is 14.8 Å². The van der Waals surface area contributed by atoms with E-state index >= 15 is 0 Å². The summed E-state index contributed by atoms with van der Waals surface area (Å²) in [6, 6.07) is 6.63. The van der Waals surface area contributed by atoms with Crippen LogP contribution in [0, 0.1) is 5.82 Å². The van der Waals surface area contributed by atoms with Gasteiger partial charge in [-0.15, -0.1) is 5.10 Å². The molecule has 0 bridgehead atoms. The van der Waals surface area contributed by atoms with Gasteiger partial charge in [-0.25, -0.2) is 12.8 Å². The lowest BCUT2D eigenvalue weighted by Gasteiger charge is -2.22. The lowest BCUT2D eigenvalue weighted by molar-refractivity contribution is -0.119. The van der Waals surface area contributed by atoms with Crippen molar-refractivity contribution in [3.63, 3.8) is 0 Å². The Morgan fingerprint density at radius 1 is 1.21 bits per heavy atom. The van der Waals surface area contributed by atoms with Crippen LogP contribution in [0.2, 0.25) is 0 Å². The number of carbonyl (C=O) groups excluding carboxylic acids is 1. The zero-order valence-electron chi connectivity index (χ0n) is 14.4. The summed E-state index contributed by atoms with van der Waals surface area (Å²) in [7, 11) is -3.95. The number of sulfonamides is 1. The third-order valence-corrected chi connectivity index (χ3v) is 6.24. The van der Waals surface area contributed by atoms with Crippen LogP contribution in [0.15, 0.2) is 56.4 Å². The van der Waals surface area contributed by atoms with Gasteiger partial charge in [0.25, 0.3) is 5.89 Å². The minimum absolute atomic E-state index is 0.0773. The molecular formula is C17H15FN4O5S. The van der Waals surface area contributed by atoms with Crippen molar-refractivity contribution in [1.29, 1.82) is 0 Å². The van der Waals surface area contributed by atoms with Gasteiger partial charge < -0.3 is 8.83 Å². The Morgan fingerprint density at radius 3 is 2.71 bits per heavy atom. The molecule has 1 unspecified atom stereocenters. The maximum atomic E-state index is 13.1. The van der Waals surface area contributed by atoms with Gasteiger partial charge in [-0.05, 0) is 49.2 Å². The Bertz CT molecular complexity index is 1080. The highest BCUT2D eigenvalue weighted by atomic mass is 32.2. The molecule has 1 aliphatic rings. The molecule has 1 atom stereocenters. The van der Waals surface area contributed by atoms with Gasteiger partial charge in [-0.3, -0.25) is 10.1 Å². The normalized spacial score (nSPS) is 17.7. The van der Waals surface area contributed by atoms with E-state index in [0.717, 1.165) is 16.4 Å². The summed E-state index contributed by atoms with van der Waals surface area (Å²) in [5, 5.41) is 9.93. The maximum Gasteiger partial charge on any atom is 0.322 e. The Balaban J connectivity index is 1.51. The summed E-state index contributed by atoms with van der Waals surface area (Å²) in [4.78, 5) is 12.5. The second-order valence-corrected chi connectivity index (χ2v) is 8.00. The number of carbonyl (C=O) groups is 1. The number of hydrogen-bond donors (Lipinski definition) is 1. The number of anilines is 1. The zero-order valence-corrected chi connectivity index (χ0v) is 15.2. The largest absolute Gasteiger partial charge is 0.459 e. The van der Waals surface area contributed by atoms with Gasteiger partial charge in [0.1, 0.15) is 11.9 Å². The highest BCUT2D eigenvalue weighted by Gasteiger charge is 2.40. The molecule has 2 aromatic heterocycles. The molecule has 1 amide bonds. The molecule has 11 heteroatoms. The van der Waals surface area contributed by atoms with Gasteiger partial charge in [0, 0.05) is 6.54 Å². The van der Waals surface area contributed by atoms with Gasteiger partial charge in [-0.1, -0.05) is 5.10 Å². The first-order valence-corrected chi connectivity index (χ1v) is 9.85. The van der Waals surface area contributed by atoms with Gasteiger partial charge in [-0.2, -0.15) is 4.31 Å². The first-order valence-electron chi connectivity index (χ1n) is 8.41. The Hall–Kier alpha value is -3.05. The van der Waals surface area contributed by atoms with Gasteiger partial charge in [0.15, 0.2) is 5.76 Å². The average molecular weight is 406 g/mol. The summed E-state index contributed by atoms with van der Waals surface area (Å²) in [5.41, 5.74) is 0. The maximum absolute atomic E-state index is 13.1. The molecule has 3 aromatic rings. The quantitative estimate of drug-likeness (QED) is 0.690. The molecule has 3 heterocycles. The van der Waals surface area contributed by atoms with E-state index < -0.39 is 27.8 Å². The van der Waals surface area contributed by atoms with Crippen molar-refractivity contribution in [2.45, 2.75) is 23.8 Å². The number of furan rings is 1. The molecule has 0 saturated carbocycles. The highest BCUT2D eigenvalue weighted by molar-refractivity contribution is 7.89. The molecule has 1 fully saturated rings. The summed E-state index contributed by atoms with van der Waals surface area (Å²) >= 11 is 0. The second-order valence-electron chi connectivity index (χ2n) is 6.11. The number of hydrogen-bond acceptors (Lipinski definition) is 7. The number of aromatic nitrogens is 2. The van der Waals surface area contributed by atoms with E-state index in [1.165, 1.54) is 18.4 Å². The number of halogens is 1. The standard InChI is InChI=1S/C17H15FN4O5S/c18-11-5-7-12(8-6-11)28(24,25)22-9-1-3-13(22)15(23)19-17-21-20-16(27-17)14-4-2-10-26-14/h2,4-8,10,13H,1,3,9H2,(H,19,21,23). The van der Waals surface area contributed by atoms with Crippen molar-refractivity contribution in [2.24, 2.45) is 0 Å². The van der Waals surface area contributed by atoms with Crippen LogP contribution in [0.3, 0.4) is 0 Å². The van der Waals surface area contributed by atoms with Crippen LogP contribution in [0.25, 0.3) is 11.7 Å². The van der Waals surface area contributed by atoms with E-state index in [-0.39, 0.29) is 23.3 Å². The van der Waals surface area contributed by atoms with E-state index in [2.05, 4.69) is 15.5 Å². The predicted molar refractivity (Wildman–Crippen MR) is 93.9 cm³/mol. The molecule has 1 aliphatic heterocycles. The van der Waals surface area contributed by atoms with E-state index in [0.29, 0.717) is 18.6 Å². The molecule has 0 aliphatic carbocycles. The molecular weight excluding hydrogens is 391 g/mol. The van der Waals surface area contributed by atoms with Crippen molar-refractivity contribution in [1.82, 2.24) is 14.5 Å². The summed E-state index contributed by atoms with van der Waals surface area (Å²) < 4.78 is 50.3. The Morgan fingerprint density at radius 2 is 2.00 bits per heavy atom. The number of nitrogens with zero attached hydrogens (tertiary/aromatic N) is 3. The summed E-state index contributed by atoms with van der Waals surface area (Å²) in [6.45, 7) is 0.180. The minimum Gasteiger partial charge on any atom is -0.459 e. The monoisotopic (exact) mass is 406 g/mol. The first kappa shape index (κ1) is 18.3. The van der Waals surface area contributed by atoms with Crippen molar-refractivity contribution < 1.29 is 26.4 Å². The van der Waals surface area contributed by atoms with Gasteiger partial charge in [0.05, 0.1) is 11.2 Å². The zero-order chi connectivity index (χ0) is 19.7. The molecule has 9 nitrogen and oxygen atoms in total. The van der Waals surface area contributed by atoms with Crippen LogP contribution in [0.4, 0.5) is 10.4 Å². The molecule has 1 saturated heterocycles. The molecule has 146 valence electrons. The molecule has 1 N–H and O–H groups in total. The predicted octanol–water partition coefficient (Wildman–Crippen LogP) is 2.26. The van der Waals surface area contributed by atoms with E-state index in [4.69, 9.17) is 8.83 Å². The van der Waals surface area contributed by atoms with E-state index in [1.54, 1.807) is 12.1 Å². The SMILES string of the molecule is O=C(Nc1nnc(-c2ccco2)o1)C1CCCN1S(=O)(=O)c1ccc(F)cc1. The molecule has 4 rings (SSSR count). The first-order chi connectivity index (χ1) is 13.4. The lowest BCUT2D eigenvalue weighted by atomic mass is 10.2. The molecule has 1 aromatic carbocycles. The number of nitrogens with one attached hydrogen (secondary N) is 1. The fourth-order valence-electron chi connectivity index (χ4n) is 2.99. The van der Waals surface area contributed by atoms with Crippen LogP contribution < -0.4 is 5.32 Å². The van der Waals surface area contributed by atoms with E-state index in [9.17, 15) is 17.6 Å². The number of amides is 1. The fourth-order valence-corrected chi connectivity index (χ4v) is 4.65. The van der Waals surface area contributed by atoms with Crippen LogP contribution in [0.1, 0.15) is 12.8 Å². The van der Waals surface area contributed by atoms with Crippen molar-refractivity contribution in [2.75, 3.05) is 11.9 Å². The molecule has 0 spiro atoms.